The molecule has 1 atom stereocenters. The van der Waals surface area contributed by atoms with Crippen molar-refractivity contribution in [2.75, 3.05) is 0 Å². The molecule has 1 aliphatic heterocycles. The van der Waals surface area contributed by atoms with Gasteiger partial charge in [-0.25, -0.2) is 0 Å². The Kier molecular flexibility index (Phi) is 2.07. The Bertz CT molecular complexity index is 562. The van der Waals surface area contributed by atoms with Crippen LogP contribution in [0.4, 0.5) is 0 Å². The van der Waals surface area contributed by atoms with E-state index in [1.165, 1.54) is 0 Å². The van der Waals surface area contributed by atoms with Crippen LogP contribution in [0, 0.1) is 0 Å². The quantitative estimate of drug-likeness (QED) is 0.739. The van der Waals surface area contributed by atoms with E-state index in [1.54, 1.807) is 0 Å². The van der Waals surface area contributed by atoms with Gasteiger partial charge in [-0.05, 0) is 35.0 Å². The molecular formula is C12H11BrN2O. The van der Waals surface area contributed by atoms with Crippen LogP contribution in [-0.2, 0) is 7.05 Å². The van der Waals surface area contributed by atoms with Gasteiger partial charge in [-0.15, -0.1) is 0 Å². The predicted octanol–water partition coefficient (Wildman–Crippen LogP) is 3.30. The number of aryl methyl sites for hydroxylation is 1. The first-order valence-corrected chi connectivity index (χ1v) is 5.95. The molecule has 3 nitrogen and oxygen atoms in total. The summed E-state index contributed by atoms with van der Waals surface area (Å²) >= 11 is 3.52. The van der Waals surface area contributed by atoms with Crippen LogP contribution in [0.25, 0.3) is 11.3 Å². The molecule has 2 heterocycles. The van der Waals surface area contributed by atoms with Crippen LogP contribution in [0.15, 0.2) is 28.9 Å². The van der Waals surface area contributed by atoms with Gasteiger partial charge >= 0.3 is 0 Å². The minimum absolute atomic E-state index is 0.0508. The smallest absolute Gasteiger partial charge is 0.143 e. The van der Waals surface area contributed by atoms with E-state index >= 15 is 0 Å². The highest BCUT2D eigenvalue weighted by atomic mass is 79.9. The van der Waals surface area contributed by atoms with Gasteiger partial charge in [0.2, 0.25) is 0 Å². The van der Waals surface area contributed by atoms with Crippen LogP contribution in [0.3, 0.4) is 0 Å². The van der Waals surface area contributed by atoms with Gasteiger partial charge in [-0.2, -0.15) is 5.10 Å². The van der Waals surface area contributed by atoms with Crippen molar-refractivity contribution in [3.05, 3.63) is 34.4 Å². The highest BCUT2D eigenvalue weighted by Gasteiger charge is 2.27. The van der Waals surface area contributed by atoms with Crippen molar-refractivity contribution >= 4 is 15.9 Å². The van der Waals surface area contributed by atoms with E-state index in [0.717, 1.165) is 27.0 Å². The van der Waals surface area contributed by atoms with Crippen molar-refractivity contribution in [3.63, 3.8) is 0 Å². The van der Waals surface area contributed by atoms with Gasteiger partial charge in [0, 0.05) is 18.2 Å². The Morgan fingerprint density at radius 3 is 3.06 bits per heavy atom. The molecule has 0 bridgehead atoms. The normalized spacial score (nSPS) is 17.6. The molecule has 0 spiro atoms. The number of halogens is 1. The Balaban J connectivity index is 2.35. The second-order valence-electron chi connectivity index (χ2n) is 3.95. The lowest BCUT2D eigenvalue weighted by atomic mass is 10.0. The standard InChI is InChI=1S/C12H11BrN2O/c1-7-9-6-14-15(2)11(9)8-4-3-5-10(13)12(8)16-7/h3-7H,1-2H3. The van der Waals surface area contributed by atoms with Gasteiger partial charge in [-0.1, -0.05) is 6.07 Å². The Morgan fingerprint density at radius 2 is 2.25 bits per heavy atom. The van der Waals surface area contributed by atoms with Crippen LogP contribution in [0.2, 0.25) is 0 Å². The van der Waals surface area contributed by atoms with E-state index in [-0.39, 0.29) is 6.10 Å². The second-order valence-corrected chi connectivity index (χ2v) is 4.80. The van der Waals surface area contributed by atoms with Crippen LogP contribution >= 0.6 is 15.9 Å². The molecule has 4 heteroatoms. The summed E-state index contributed by atoms with van der Waals surface area (Å²) in [6.07, 6.45) is 1.93. The van der Waals surface area contributed by atoms with Crippen LogP contribution < -0.4 is 4.74 Å². The van der Waals surface area contributed by atoms with Gasteiger partial charge in [0.15, 0.2) is 0 Å². The molecule has 0 fully saturated rings. The first kappa shape index (κ1) is 9.90. The Morgan fingerprint density at radius 1 is 1.44 bits per heavy atom. The third-order valence-corrected chi connectivity index (χ3v) is 3.55. The fraction of sp³-hybridized carbons (Fsp3) is 0.250. The molecule has 1 aromatic carbocycles. The lowest BCUT2D eigenvalue weighted by Crippen LogP contribution is -2.11. The molecule has 0 saturated carbocycles. The summed E-state index contributed by atoms with van der Waals surface area (Å²) in [5.74, 6) is 0.908. The van der Waals surface area contributed by atoms with Crippen molar-refractivity contribution in [1.29, 1.82) is 0 Å². The van der Waals surface area contributed by atoms with Crippen LogP contribution in [0.1, 0.15) is 18.6 Å². The maximum Gasteiger partial charge on any atom is 0.143 e. The molecule has 1 aliphatic rings. The van der Waals surface area contributed by atoms with Crippen molar-refractivity contribution < 1.29 is 4.74 Å². The van der Waals surface area contributed by atoms with Gasteiger partial charge in [0.25, 0.3) is 0 Å². The lowest BCUT2D eigenvalue weighted by Gasteiger charge is -2.24. The summed E-state index contributed by atoms with van der Waals surface area (Å²) in [5.41, 5.74) is 3.39. The minimum Gasteiger partial charge on any atom is -0.484 e. The van der Waals surface area contributed by atoms with E-state index in [2.05, 4.69) is 27.1 Å². The van der Waals surface area contributed by atoms with E-state index < -0.39 is 0 Å². The van der Waals surface area contributed by atoms with Gasteiger partial charge < -0.3 is 4.74 Å². The minimum atomic E-state index is 0.0508. The molecule has 82 valence electrons. The van der Waals surface area contributed by atoms with E-state index in [9.17, 15) is 0 Å². The Hall–Kier alpha value is -1.29. The number of fused-ring (bicyclic) bond motifs is 3. The summed E-state index contributed by atoms with van der Waals surface area (Å²) < 4.78 is 8.79. The first-order chi connectivity index (χ1) is 7.68. The predicted molar refractivity (Wildman–Crippen MR) is 65.4 cm³/mol. The van der Waals surface area contributed by atoms with Crippen molar-refractivity contribution in [3.8, 4) is 17.0 Å². The number of ether oxygens (including phenoxy) is 1. The van der Waals surface area contributed by atoms with Gasteiger partial charge in [-0.3, -0.25) is 4.68 Å². The summed E-state index contributed by atoms with van der Waals surface area (Å²) in [6.45, 7) is 2.04. The summed E-state index contributed by atoms with van der Waals surface area (Å²) in [5, 5.41) is 4.30. The van der Waals surface area contributed by atoms with E-state index in [0.29, 0.717) is 0 Å². The average molecular weight is 279 g/mol. The second kappa shape index (κ2) is 3.35. The molecule has 0 amide bonds. The van der Waals surface area contributed by atoms with Gasteiger partial charge in [0.1, 0.15) is 11.9 Å². The summed E-state index contributed by atoms with van der Waals surface area (Å²) in [6, 6.07) is 6.07. The number of hydrogen-bond acceptors (Lipinski definition) is 2. The molecule has 0 radical (unpaired) electrons. The summed E-state index contributed by atoms with van der Waals surface area (Å²) in [4.78, 5) is 0. The van der Waals surface area contributed by atoms with Crippen molar-refractivity contribution in [1.82, 2.24) is 9.78 Å². The van der Waals surface area contributed by atoms with Crippen molar-refractivity contribution in [2.45, 2.75) is 13.0 Å². The largest absolute Gasteiger partial charge is 0.484 e. The maximum atomic E-state index is 5.90. The number of nitrogens with zero attached hydrogens (tertiary/aromatic N) is 2. The number of aromatic nitrogens is 2. The third kappa shape index (κ3) is 1.23. The Labute approximate surface area is 102 Å². The van der Waals surface area contributed by atoms with E-state index in [4.69, 9.17) is 4.74 Å². The fourth-order valence-corrected chi connectivity index (χ4v) is 2.60. The number of rotatable bonds is 0. The maximum absolute atomic E-state index is 5.90. The third-order valence-electron chi connectivity index (χ3n) is 2.92. The topological polar surface area (TPSA) is 27.1 Å². The molecule has 1 unspecified atom stereocenters. The molecular weight excluding hydrogens is 268 g/mol. The average Bonchev–Trinajstić information content (AvgIpc) is 2.64. The molecule has 16 heavy (non-hydrogen) atoms. The zero-order valence-electron chi connectivity index (χ0n) is 9.07. The monoisotopic (exact) mass is 278 g/mol. The van der Waals surface area contributed by atoms with Crippen LogP contribution in [0.5, 0.6) is 5.75 Å². The first-order valence-electron chi connectivity index (χ1n) is 5.16. The number of para-hydroxylation sites is 1. The summed E-state index contributed by atoms with van der Waals surface area (Å²) in [7, 11) is 1.96. The van der Waals surface area contributed by atoms with Crippen LogP contribution in [-0.4, -0.2) is 9.78 Å². The zero-order valence-corrected chi connectivity index (χ0v) is 10.7. The van der Waals surface area contributed by atoms with Crippen molar-refractivity contribution in [2.24, 2.45) is 7.05 Å². The molecule has 3 rings (SSSR count). The highest BCUT2D eigenvalue weighted by molar-refractivity contribution is 9.10. The highest BCUT2D eigenvalue weighted by Crippen LogP contribution is 2.45. The number of benzene rings is 1. The molecule has 0 aliphatic carbocycles. The SMILES string of the molecule is CC1Oc2c(Br)cccc2-c2c1cnn2C. The number of hydrogen-bond donors (Lipinski definition) is 0. The van der Waals surface area contributed by atoms with E-state index in [1.807, 2.05) is 37.0 Å². The lowest BCUT2D eigenvalue weighted by molar-refractivity contribution is 0.221. The van der Waals surface area contributed by atoms with Gasteiger partial charge in [0.05, 0.1) is 16.4 Å². The molecule has 0 N–H and O–H groups in total. The fourth-order valence-electron chi connectivity index (χ4n) is 2.14. The molecule has 1 aromatic heterocycles. The zero-order chi connectivity index (χ0) is 11.3. The molecule has 0 saturated heterocycles. The molecule has 2 aromatic rings.